The van der Waals surface area contributed by atoms with Gasteiger partial charge >= 0.3 is 0 Å². The molecule has 0 aromatic heterocycles. The van der Waals surface area contributed by atoms with Crippen molar-refractivity contribution in [3.63, 3.8) is 0 Å². The summed E-state index contributed by atoms with van der Waals surface area (Å²) in [5.41, 5.74) is 5.83. The van der Waals surface area contributed by atoms with E-state index in [9.17, 15) is 8.42 Å². The summed E-state index contributed by atoms with van der Waals surface area (Å²) >= 11 is 0. The molecule has 2 aliphatic carbocycles. The van der Waals surface area contributed by atoms with Crippen molar-refractivity contribution in [3.8, 4) is 0 Å². The van der Waals surface area contributed by atoms with Crippen molar-refractivity contribution < 1.29 is 8.42 Å². The van der Waals surface area contributed by atoms with Crippen molar-refractivity contribution in [1.82, 2.24) is 0 Å². The molecule has 0 bridgehead atoms. The Labute approximate surface area is 105 Å². The van der Waals surface area contributed by atoms with Gasteiger partial charge in [0.15, 0.2) is 0 Å². The van der Waals surface area contributed by atoms with Crippen LogP contribution in [0.4, 0.5) is 0 Å². The van der Waals surface area contributed by atoms with Crippen molar-refractivity contribution in [2.24, 2.45) is 23.5 Å². The van der Waals surface area contributed by atoms with Crippen LogP contribution < -0.4 is 5.73 Å². The molecular weight excluding hydrogens is 234 g/mol. The Hall–Kier alpha value is -0.0900. The molecule has 0 saturated heterocycles. The van der Waals surface area contributed by atoms with Crippen LogP contribution in [0.1, 0.15) is 44.9 Å². The van der Waals surface area contributed by atoms with Crippen molar-refractivity contribution in [3.05, 3.63) is 0 Å². The fraction of sp³-hybridized carbons (Fsp3) is 1.00. The summed E-state index contributed by atoms with van der Waals surface area (Å²) in [6, 6.07) is 0. The number of hydrogen-bond acceptors (Lipinski definition) is 3. The van der Waals surface area contributed by atoms with Gasteiger partial charge in [-0.25, -0.2) is 8.42 Å². The highest BCUT2D eigenvalue weighted by Crippen LogP contribution is 2.43. The van der Waals surface area contributed by atoms with Gasteiger partial charge in [0.1, 0.15) is 9.84 Å². The lowest BCUT2D eigenvalue weighted by Crippen LogP contribution is -2.33. The summed E-state index contributed by atoms with van der Waals surface area (Å²) in [6.45, 7) is 0.782. The summed E-state index contributed by atoms with van der Waals surface area (Å²) in [5, 5.41) is -0.0831. The predicted molar refractivity (Wildman–Crippen MR) is 70.5 cm³/mol. The lowest BCUT2D eigenvalue weighted by atomic mass is 9.75. The molecule has 0 aliphatic heterocycles. The quantitative estimate of drug-likeness (QED) is 0.843. The normalized spacial score (nSPS) is 39.4. The third-order valence-corrected chi connectivity index (χ3v) is 6.54. The molecule has 100 valence electrons. The van der Waals surface area contributed by atoms with Crippen LogP contribution in [0.25, 0.3) is 0 Å². The van der Waals surface area contributed by atoms with Gasteiger partial charge in [-0.1, -0.05) is 19.3 Å². The first-order chi connectivity index (χ1) is 8.02. The topological polar surface area (TPSA) is 60.2 Å². The second-order valence-electron chi connectivity index (χ2n) is 5.97. The Kier molecular flexibility index (Phi) is 4.14. The van der Waals surface area contributed by atoms with Gasteiger partial charge in [-0.05, 0) is 50.0 Å². The van der Waals surface area contributed by atoms with Crippen LogP contribution in [-0.4, -0.2) is 26.5 Å². The van der Waals surface area contributed by atoms with Crippen LogP contribution in [0.3, 0.4) is 0 Å². The molecule has 2 fully saturated rings. The monoisotopic (exact) mass is 259 g/mol. The molecule has 0 spiro atoms. The Morgan fingerprint density at radius 3 is 2.47 bits per heavy atom. The van der Waals surface area contributed by atoms with E-state index in [4.69, 9.17) is 5.73 Å². The smallest absolute Gasteiger partial charge is 0.150 e. The van der Waals surface area contributed by atoms with Crippen LogP contribution in [0.2, 0.25) is 0 Å². The minimum atomic E-state index is -2.84. The van der Waals surface area contributed by atoms with E-state index >= 15 is 0 Å². The average Bonchev–Trinajstić information content (AvgIpc) is 2.76. The second kappa shape index (κ2) is 5.27. The first-order valence-corrected chi connectivity index (χ1v) is 8.86. The number of hydrogen-bond donors (Lipinski definition) is 1. The molecule has 3 nitrogen and oxygen atoms in total. The minimum Gasteiger partial charge on any atom is -0.330 e. The van der Waals surface area contributed by atoms with Gasteiger partial charge in [0.25, 0.3) is 0 Å². The Morgan fingerprint density at radius 2 is 1.82 bits per heavy atom. The molecule has 0 aromatic rings. The fourth-order valence-corrected chi connectivity index (χ4v) is 5.13. The van der Waals surface area contributed by atoms with E-state index in [-0.39, 0.29) is 5.25 Å². The zero-order valence-corrected chi connectivity index (χ0v) is 11.6. The molecule has 0 amide bonds. The molecule has 0 aromatic carbocycles. The highest BCUT2D eigenvalue weighted by molar-refractivity contribution is 7.91. The van der Waals surface area contributed by atoms with Crippen LogP contribution in [0, 0.1) is 17.8 Å². The summed E-state index contributed by atoms with van der Waals surface area (Å²) in [7, 11) is -2.84. The average molecular weight is 259 g/mol. The Morgan fingerprint density at radius 1 is 1.12 bits per heavy atom. The van der Waals surface area contributed by atoms with Crippen molar-refractivity contribution in [2.75, 3.05) is 12.8 Å². The molecule has 2 aliphatic rings. The van der Waals surface area contributed by atoms with Crippen LogP contribution in [-0.2, 0) is 9.84 Å². The maximum absolute atomic E-state index is 11.7. The lowest BCUT2D eigenvalue weighted by molar-refractivity contribution is 0.207. The molecule has 4 atom stereocenters. The van der Waals surface area contributed by atoms with E-state index in [1.807, 2.05) is 0 Å². The van der Waals surface area contributed by atoms with E-state index in [1.54, 1.807) is 0 Å². The fourth-order valence-electron chi connectivity index (χ4n) is 3.94. The lowest BCUT2D eigenvalue weighted by Gasteiger charge is -2.34. The van der Waals surface area contributed by atoms with Gasteiger partial charge in [0.2, 0.25) is 0 Å². The second-order valence-corrected chi connectivity index (χ2v) is 8.29. The first kappa shape index (κ1) is 13.3. The Bertz CT molecular complexity index is 352. The number of nitrogens with two attached hydrogens (primary N) is 1. The highest BCUT2D eigenvalue weighted by Gasteiger charge is 2.37. The van der Waals surface area contributed by atoms with Gasteiger partial charge < -0.3 is 5.73 Å². The first-order valence-electron chi connectivity index (χ1n) is 6.91. The van der Waals surface area contributed by atoms with E-state index in [1.165, 1.54) is 31.9 Å². The minimum absolute atomic E-state index is 0.0831. The van der Waals surface area contributed by atoms with E-state index < -0.39 is 9.84 Å². The molecule has 2 N–H and O–H groups in total. The molecule has 17 heavy (non-hydrogen) atoms. The SMILES string of the molecule is CS(=O)(=O)C1CCCC(C2CCCC2CN)C1. The van der Waals surface area contributed by atoms with Crippen molar-refractivity contribution >= 4 is 9.84 Å². The molecule has 4 heteroatoms. The summed E-state index contributed by atoms with van der Waals surface area (Å²) in [6.07, 6.45) is 9.25. The molecule has 2 rings (SSSR count). The van der Waals surface area contributed by atoms with Gasteiger partial charge in [-0.15, -0.1) is 0 Å². The van der Waals surface area contributed by atoms with E-state index in [0.717, 1.165) is 25.8 Å². The van der Waals surface area contributed by atoms with E-state index in [0.29, 0.717) is 17.8 Å². The highest BCUT2D eigenvalue weighted by atomic mass is 32.2. The van der Waals surface area contributed by atoms with Crippen LogP contribution in [0.5, 0.6) is 0 Å². The summed E-state index contributed by atoms with van der Waals surface area (Å²) in [4.78, 5) is 0. The summed E-state index contributed by atoms with van der Waals surface area (Å²) < 4.78 is 23.3. The Balaban J connectivity index is 2.02. The zero-order chi connectivity index (χ0) is 12.5. The molecule has 0 heterocycles. The summed E-state index contributed by atoms with van der Waals surface area (Å²) in [5.74, 6) is 1.96. The van der Waals surface area contributed by atoms with Crippen LogP contribution in [0.15, 0.2) is 0 Å². The molecule has 2 saturated carbocycles. The van der Waals surface area contributed by atoms with Crippen LogP contribution >= 0.6 is 0 Å². The van der Waals surface area contributed by atoms with Crippen molar-refractivity contribution in [2.45, 2.75) is 50.2 Å². The number of sulfone groups is 1. The predicted octanol–water partition coefficient (Wildman–Crippen LogP) is 1.96. The maximum atomic E-state index is 11.7. The van der Waals surface area contributed by atoms with Gasteiger partial charge in [0, 0.05) is 6.26 Å². The molecule has 0 radical (unpaired) electrons. The van der Waals surface area contributed by atoms with Gasteiger partial charge in [-0.2, -0.15) is 0 Å². The standard InChI is InChI=1S/C13H25NO2S/c1-17(15,16)12-6-2-4-10(8-12)13-7-3-5-11(13)9-14/h10-13H,2-9,14H2,1H3. The third-order valence-electron chi connectivity index (χ3n) is 4.90. The maximum Gasteiger partial charge on any atom is 0.150 e. The van der Waals surface area contributed by atoms with Gasteiger partial charge in [0.05, 0.1) is 5.25 Å². The van der Waals surface area contributed by atoms with E-state index in [2.05, 4.69) is 0 Å². The molecule has 4 unspecified atom stereocenters. The largest absolute Gasteiger partial charge is 0.330 e. The molecular formula is C13H25NO2S. The number of rotatable bonds is 3. The third kappa shape index (κ3) is 3.02. The van der Waals surface area contributed by atoms with Crippen molar-refractivity contribution in [1.29, 1.82) is 0 Å². The van der Waals surface area contributed by atoms with Gasteiger partial charge in [-0.3, -0.25) is 0 Å². The zero-order valence-electron chi connectivity index (χ0n) is 10.8.